The second kappa shape index (κ2) is 7.04. The van der Waals surface area contributed by atoms with Crippen molar-refractivity contribution in [2.45, 2.75) is 6.42 Å². The second-order valence-electron chi connectivity index (χ2n) is 6.90. The van der Waals surface area contributed by atoms with Crippen molar-refractivity contribution in [3.05, 3.63) is 32.6 Å². The molecule has 4 rings (SSSR count). The first-order chi connectivity index (χ1) is 13.3. The fourth-order valence-corrected chi connectivity index (χ4v) is 4.25. The molecule has 7 nitrogen and oxygen atoms in total. The van der Waals surface area contributed by atoms with Crippen molar-refractivity contribution >= 4 is 56.1 Å². The normalized spacial score (nSPS) is 17.3. The Morgan fingerprint density at radius 3 is 2.61 bits per heavy atom. The molecule has 1 aromatic heterocycles. The van der Waals surface area contributed by atoms with Gasteiger partial charge in [-0.05, 0) is 22.0 Å². The Morgan fingerprint density at radius 2 is 1.96 bits per heavy atom. The molecule has 28 heavy (non-hydrogen) atoms. The molecule has 2 aromatic rings. The van der Waals surface area contributed by atoms with E-state index in [-0.39, 0.29) is 20.9 Å². The number of halogens is 3. The summed E-state index contributed by atoms with van der Waals surface area (Å²) >= 11 is 9.36. The summed E-state index contributed by atoms with van der Waals surface area (Å²) in [4.78, 5) is 33.5. The lowest BCUT2D eigenvalue weighted by molar-refractivity contribution is 0.0779. The summed E-state index contributed by atoms with van der Waals surface area (Å²) in [7, 11) is 1.72. The topological polar surface area (TPSA) is 77.0 Å². The van der Waals surface area contributed by atoms with E-state index in [4.69, 9.17) is 11.6 Å². The maximum atomic E-state index is 14.9. The molecule has 1 saturated heterocycles. The van der Waals surface area contributed by atoms with Gasteiger partial charge in [0, 0.05) is 51.6 Å². The zero-order valence-corrected chi connectivity index (χ0v) is 17.3. The zero-order chi connectivity index (χ0) is 20.2. The van der Waals surface area contributed by atoms with E-state index in [9.17, 15) is 19.1 Å². The number of carbonyl (C=O) groups is 2. The Balaban J connectivity index is 1.94. The maximum absolute atomic E-state index is 14.9. The predicted molar refractivity (Wildman–Crippen MR) is 107 cm³/mol. The summed E-state index contributed by atoms with van der Waals surface area (Å²) < 4.78 is 15.1. The number of hydrogen-bond acceptors (Lipinski definition) is 4. The van der Waals surface area contributed by atoms with Crippen molar-refractivity contribution in [3.8, 4) is 0 Å². The third-order valence-corrected chi connectivity index (χ3v) is 6.58. The van der Waals surface area contributed by atoms with Gasteiger partial charge in [-0.2, -0.15) is 0 Å². The average molecular weight is 472 g/mol. The standard InChI is InChI=1S/C18H17BrClFN4O3/c1-23-3-2-11-12(17(23)26)16(24-4-6-25(7-5-24)18(27)28)9-8-10(20)13(19)14(21)15(9)22-11/h8H,2-7H2,1H3,(H,27,28). The van der Waals surface area contributed by atoms with Gasteiger partial charge < -0.3 is 19.8 Å². The molecule has 2 aliphatic rings. The molecule has 0 aliphatic carbocycles. The summed E-state index contributed by atoms with van der Waals surface area (Å²) in [5, 5.41) is 9.85. The smallest absolute Gasteiger partial charge is 0.407 e. The number of aromatic nitrogens is 1. The van der Waals surface area contributed by atoms with Crippen LogP contribution in [0.1, 0.15) is 16.1 Å². The quantitative estimate of drug-likeness (QED) is 0.646. The molecule has 2 amide bonds. The highest BCUT2D eigenvalue weighted by Crippen LogP contribution is 2.40. The third-order valence-electron chi connectivity index (χ3n) is 5.27. The Morgan fingerprint density at radius 1 is 1.29 bits per heavy atom. The van der Waals surface area contributed by atoms with Gasteiger partial charge in [-0.1, -0.05) is 11.6 Å². The SMILES string of the molecule is CN1CCc2nc3c(F)c(Br)c(Cl)cc3c(N3CCN(C(=O)O)CC3)c2C1=O. The molecule has 1 N–H and O–H groups in total. The van der Waals surface area contributed by atoms with Gasteiger partial charge in [-0.15, -0.1) is 0 Å². The van der Waals surface area contributed by atoms with Crippen LogP contribution in [0.5, 0.6) is 0 Å². The van der Waals surface area contributed by atoms with Gasteiger partial charge in [-0.25, -0.2) is 14.2 Å². The van der Waals surface area contributed by atoms with Crippen LogP contribution >= 0.6 is 27.5 Å². The Bertz CT molecular complexity index is 1010. The first-order valence-corrected chi connectivity index (χ1v) is 9.95. The number of carbonyl (C=O) groups excluding carboxylic acids is 1. The number of fused-ring (bicyclic) bond motifs is 2. The van der Waals surface area contributed by atoms with E-state index in [0.29, 0.717) is 61.5 Å². The molecule has 148 valence electrons. The average Bonchev–Trinajstić information content (AvgIpc) is 2.68. The molecular weight excluding hydrogens is 455 g/mol. The number of benzene rings is 1. The largest absolute Gasteiger partial charge is 0.465 e. The monoisotopic (exact) mass is 470 g/mol. The number of nitrogens with zero attached hydrogens (tertiary/aromatic N) is 4. The van der Waals surface area contributed by atoms with Crippen molar-refractivity contribution in [1.29, 1.82) is 0 Å². The minimum absolute atomic E-state index is 0.134. The maximum Gasteiger partial charge on any atom is 0.407 e. The van der Waals surface area contributed by atoms with E-state index >= 15 is 0 Å². The molecular formula is C18H17BrClFN4O3. The van der Waals surface area contributed by atoms with E-state index in [1.165, 1.54) is 4.90 Å². The van der Waals surface area contributed by atoms with Gasteiger partial charge >= 0.3 is 6.09 Å². The number of pyridine rings is 1. The molecule has 0 spiro atoms. The molecule has 1 fully saturated rings. The first-order valence-electron chi connectivity index (χ1n) is 8.78. The van der Waals surface area contributed by atoms with E-state index < -0.39 is 11.9 Å². The van der Waals surface area contributed by atoms with Gasteiger partial charge in [0.15, 0.2) is 5.82 Å². The number of piperazine rings is 1. The lowest BCUT2D eigenvalue weighted by Gasteiger charge is -2.37. The summed E-state index contributed by atoms with van der Waals surface area (Å²) in [6.45, 7) is 1.89. The van der Waals surface area contributed by atoms with Crippen LogP contribution < -0.4 is 4.90 Å². The molecule has 0 radical (unpaired) electrons. The van der Waals surface area contributed by atoms with Crippen molar-refractivity contribution in [1.82, 2.24) is 14.8 Å². The predicted octanol–water partition coefficient (Wildman–Crippen LogP) is 3.22. The minimum Gasteiger partial charge on any atom is -0.465 e. The van der Waals surface area contributed by atoms with E-state index in [2.05, 4.69) is 20.9 Å². The minimum atomic E-state index is -0.977. The highest BCUT2D eigenvalue weighted by atomic mass is 79.9. The van der Waals surface area contributed by atoms with Crippen molar-refractivity contribution < 1.29 is 19.1 Å². The summed E-state index contributed by atoms with van der Waals surface area (Å²) in [6, 6.07) is 1.61. The first kappa shape index (κ1) is 19.2. The summed E-state index contributed by atoms with van der Waals surface area (Å²) in [6.07, 6.45) is -0.454. The van der Waals surface area contributed by atoms with E-state index in [0.717, 1.165) is 0 Å². The van der Waals surface area contributed by atoms with Crippen molar-refractivity contribution in [2.75, 3.05) is 44.7 Å². The van der Waals surface area contributed by atoms with Crippen LogP contribution in [0.4, 0.5) is 14.9 Å². The zero-order valence-electron chi connectivity index (χ0n) is 15.0. The summed E-state index contributed by atoms with van der Waals surface area (Å²) in [5.41, 5.74) is 1.74. The molecule has 1 aromatic carbocycles. The Kier molecular flexibility index (Phi) is 4.83. The lowest BCUT2D eigenvalue weighted by Crippen LogP contribution is -2.49. The van der Waals surface area contributed by atoms with Gasteiger partial charge in [0.1, 0.15) is 5.52 Å². The number of rotatable bonds is 1. The second-order valence-corrected chi connectivity index (χ2v) is 8.10. The fraction of sp³-hybridized carbons (Fsp3) is 0.389. The fourth-order valence-electron chi connectivity index (χ4n) is 3.76. The van der Waals surface area contributed by atoms with Crippen LogP contribution in [0.25, 0.3) is 10.9 Å². The van der Waals surface area contributed by atoms with Crippen LogP contribution in [0.15, 0.2) is 10.5 Å². The molecule has 10 heteroatoms. The van der Waals surface area contributed by atoms with Gasteiger partial charge in [0.2, 0.25) is 0 Å². The number of likely N-dealkylation sites (N-methyl/N-ethyl adjacent to an activating group) is 1. The number of amides is 2. The van der Waals surface area contributed by atoms with Crippen LogP contribution in [0.2, 0.25) is 5.02 Å². The van der Waals surface area contributed by atoms with Crippen LogP contribution in [-0.2, 0) is 6.42 Å². The highest BCUT2D eigenvalue weighted by molar-refractivity contribution is 9.10. The van der Waals surface area contributed by atoms with E-state index in [1.807, 2.05) is 4.90 Å². The van der Waals surface area contributed by atoms with Crippen LogP contribution in [0.3, 0.4) is 0 Å². The Hall–Kier alpha value is -2.13. The van der Waals surface area contributed by atoms with Crippen molar-refractivity contribution in [2.24, 2.45) is 0 Å². The molecule has 0 bridgehead atoms. The van der Waals surface area contributed by atoms with E-state index in [1.54, 1.807) is 18.0 Å². The molecule has 0 unspecified atom stereocenters. The van der Waals surface area contributed by atoms with Crippen LogP contribution in [-0.4, -0.2) is 71.7 Å². The van der Waals surface area contributed by atoms with Gasteiger partial charge in [0.05, 0.1) is 26.4 Å². The number of hydrogen-bond donors (Lipinski definition) is 1. The lowest BCUT2D eigenvalue weighted by atomic mass is 9.98. The molecule has 2 aliphatic heterocycles. The number of carboxylic acid groups (broad SMARTS) is 1. The molecule has 3 heterocycles. The number of anilines is 1. The van der Waals surface area contributed by atoms with Crippen LogP contribution in [0, 0.1) is 5.82 Å². The molecule has 0 atom stereocenters. The Labute approximate surface area is 173 Å². The molecule has 0 saturated carbocycles. The van der Waals surface area contributed by atoms with Gasteiger partial charge in [0.25, 0.3) is 5.91 Å². The summed E-state index contributed by atoms with van der Waals surface area (Å²) in [5.74, 6) is -0.743. The van der Waals surface area contributed by atoms with Gasteiger partial charge in [-0.3, -0.25) is 4.79 Å². The third kappa shape index (κ3) is 2.97. The highest BCUT2D eigenvalue weighted by Gasteiger charge is 2.33. The van der Waals surface area contributed by atoms with Crippen molar-refractivity contribution in [3.63, 3.8) is 0 Å².